The highest BCUT2D eigenvalue weighted by atomic mass is 35.5. The summed E-state index contributed by atoms with van der Waals surface area (Å²) in [5, 5.41) is 12.1. The molecule has 2 aromatic carbocycles. The number of nitrogens with zero attached hydrogens (tertiary/aromatic N) is 4. The molecule has 2 amide bonds. The van der Waals surface area contributed by atoms with Crippen LogP contribution >= 0.6 is 11.6 Å². The van der Waals surface area contributed by atoms with Crippen LogP contribution in [0.3, 0.4) is 0 Å². The molecule has 4 rings (SSSR count). The maximum atomic E-state index is 13.2. The number of fused-ring (bicyclic) bond motifs is 1. The number of carbonyl (C=O) groups is 1. The second-order valence-corrected chi connectivity index (χ2v) is 7.60. The summed E-state index contributed by atoms with van der Waals surface area (Å²) < 4.78 is 7.39. The predicted molar refractivity (Wildman–Crippen MR) is 117 cm³/mol. The lowest BCUT2D eigenvalue weighted by Crippen LogP contribution is -2.35. The fourth-order valence-electron chi connectivity index (χ4n) is 3.62. The van der Waals surface area contributed by atoms with Gasteiger partial charge >= 0.3 is 6.03 Å². The summed E-state index contributed by atoms with van der Waals surface area (Å²) in [6.45, 7) is 1.16. The van der Waals surface area contributed by atoms with E-state index in [1.165, 1.54) is 6.42 Å². The van der Waals surface area contributed by atoms with E-state index in [9.17, 15) is 4.79 Å². The number of benzene rings is 2. The molecule has 8 heteroatoms. The van der Waals surface area contributed by atoms with Gasteiger partial charge in [-0.3, -0.25) is 4.90 Å². The third-order valence-corrected chi connectivity index (χ3v) is 5.50. The van der Waals surface area contributed by atoms with Crippen LogP contribution in [0.15, 0.2) is 48.5 Å². The number of hydrogen-bond acceptors (Lipinski definition) is 4. The first-order chi connectivity index (χ1) is 14.7. The number of anilines is 2. The summed E-state index contributed by atoms with van der Waals surface area (Å²) in [6, 6.07) is 14.4. The van der Waals surface area contributed by atoms with Crippen molar-refractivity contribution in [3.63, 3.8) is 0 Å². The van der Waals surface area contributed by atoms with Crippen molar-refractivity contribution in [1.29, 1.82) is 0 Å². The zero-order chi connectivity index (χ0) is 20.9. The molecule has 3 aromatic rings. The summed E-state index contributed by atoms with van der Waals surface area (Å²) in [5.74, 6) is 2.31. The minimum Gasteiger partial charge on any atom is -0.495 e. The molecule has 1 N–H and O–H groups in total. The number of aromatic nitrogens is 3. The first-order valence-electron chi connectivity index (χ1n) is 10.0. The molecule has 7 nitrogen and oxygen atoms in total. The van der Waals surface area contributed by atoms with E-state index >= 15 is 0 Å². The molecular formula is C22H24ClN5O2. The van der Waals surface area contributed by atoms with Crippen LogP contribution in [0.1, 0.15) is 30.9 Å². The molecule has 0 atom stereocenters. The summed E-state index contributed by atoms with van der Waals surface area (Å²) in [7, 11) is 1.56. The highest BCUT2D eigenvalue weighted by molar-refractivity contribution is 6.32. The predicted octanol–water partition coefficient (Wildman–Crippen LogP) is 4.91. The minimum atomic E-state index is -0.270. The van der Waals surface area contributed by atoms with Crippen molar-refractivity contribution in [2.24, 2.45) is 0 Å². The quantitative estimate of drug-likeness (QED) is 0.630. The number of halogens is 1. The average molecular weight is 426 g/mol. The molecule has 0 radical (unpaired) electrons. The average Bonchev–Trinajstić information content (AvgIpc) is 2.98. The van der Waals surface area contributed by atoms with Gasteiger partial charge in [0.05, 0.1) is 18.7 Å². The second kappa shape index (κ2) is 9.17. The van der Waals surface area contributed by atoms with Gasteiger partial charge in [0.15, 0.2) is 5.82 Å². The van der Waals surface area contributed by atoms with Gasteiger partial charge in [0.2, 0.25) is 0 Å². The lowest BCUT2D eigenvalue weighted by molar-refractivity contribution is 0.256. The second-order valence-electron chi connectivity index (χ2n) is 7.20. The number of aryl methyl sites for hydroxylation is 1. The standard InChI is InChI=1S/C22H24ClN5O2/c1-30-19-12-11-17(14-18(19)23)28(22(29)24-16-8-4-2-5-9-16)15-21-26-25-20-10-6-3-7-13-27(20)21/h2,4-5,8-9,11-12,14H,3,6-7,10,13,15H2,1H3,(H,24,29). The first-order valence-corrected chi connectivity index (χ1v) is 10.4. The fraction of sp³-hybridized carbons (Fsp3) is 0.318. The molecule has 0 spiro atoms. The summed E-state index contributed by atoms with van der Waals surface area (Å²) in [5.41, 5.74) is 1.37. The van der Waals surface area contributed by atoms with Crippen molar-refractivity contribution < 1.29 is 9.53 Å². The van der Waals surface area contributed by atoms with Crippen LogP contribution in [0, 0.1) is 0 Å². The van der Waals surface area contributed by atoms with Gasteiger partial charge in [0.25, 0.3) is 0 Å². The molecule has 0 aliphatic carbocycles. The van der Waals surface area contributed by atoms with Crippen LogP contribution in [0.4, 0.5) is 16.2 Å². The van der Waals surface area contributed by atoms with E-state index in [1.54, 1.807) is 24.1 Å². The number of methoxy groups -OCH3 is 1. The van der Waals surface area contributed by atoms with Gasteiger partial charge in [0, 0.05) is 24.3 Å². The van der Waals surface area contributed by atoms with Crippen LogP contribution in [0.2, 0.25) is 5.02 Å². The number of para-hydroxylation sites is 1. The zero-order valence-electron chi connectivity index (χ0n) is 16.8. The van der Waals surface area contributed by atoms with Gasteiger partial charge in [0.1, 0.15) is 11.6 Å². The molecule has 0 unspecified atom stereocenters. The number of hydrogen-bond donors (Lipinski definition) is 1. The van der Waals surface area contributed by atoms with E-state index in [0.29, 0.717) is 22.1 Å². The number of urea groups is 1. The van der Waals surface area contributed by atoms with Crippen LogP contribution < -0.4 is 15.0 Å². The smallest absolute Gasteiger partial charge is 0.326 e. The summed E-state index contributed by atoms with van der Waals surface area (Å²) >= 11 is 6.34. The molecule has 1 aliphatic rings. The van der Waals surface area contributed by atoms with Crippen molar-refractivity contribution in [2.45, 2.75) is 38.8 Å². The summed E-state index contributed by atoms with van der Waals surface area (Å²) in [4.78, 5) is 14.8. The monoisotopic (exact) mass is 425 g/mol. The molecule has 30 heavy (non-hydrogen) atoms. The number of carbonyl (C=O) groups excluding carboxylic acids is 1. The molecule has 156 valence electrons. The van der Waals surface area contributed by atoms with E-state index < -0.39 is 0 Å². The Morgan fingerprint density at radius 3 is 2.77 bits per heavy atom. The van der Waals surface area contributed by atoms with E-state index in [0.717, 1.165) is 37.5 Å². The van der Waals surface area contributed by atoms with E-state index in [-0.39, 0.29) is 12.6 Å². The Morgan fingerprint density at radius 2 is 2.00 bits per heavy atom. The Morgan fingerprint density at radius 1 is 1.17 bits per heavy atom. The number of ether oxygens (including phenoxy) is 1. The Bertz CT molecular complexity index is 1020. The van der Waals surface area contributed by atoms with Gasteiger partial charge in [-0.05, 0) is 43.2 Å². The van der Waals surface area contributed by atoms with Crippen LogP contribution in [-0.2, 0) is 19.5 Å². The van der Waals surface area contributed by atoms with Crippen molar-refractivity contribution in [1.82, 2.24) is 14.8 Å². The molecule has 1 aromatic heterocycles. The first kappa shape index (κ1) is 20.2. The molecule has 0 fully saturated rings. The molecule has 2 heterocycles. The third-order valence-electron chi connectivity index (χ3n) is 5.20. The van der Waals surface area contributed by atoms with E-state index in [1.807, 2.05) is 36.4 Å². The number of amides is 2. The van der Waals surface area contributed by atoms with Crippen molar-refractivity contribution in [2.75, 3.05) is 17.3 Å². The third kappa shape index (κ3) is 4.41. The maximum Gasteiger partial charge on any atom is 0.326 e. The Balaban J connectivity index is 1.66. The van der Waals surface area contributed by atoms with Gasteiger partial charge in [-0.2, -0.15) is 0 Å². The summed E-state index contributed by atoms with van der Waals surface area (Å²) in [6.07, 6.45) is 4.29. The van der Waals surface area contributed by atoms with Crippen molar-refractivity contribution in [3.05, 3.63) is 65.2 Å². The SMILES string of the molecule is COc1ccc(N(Cc2nnc3n2CCCCC3)C(=O)Nc2ccccc2)cc1Cl. The van der Waals surface area contributed by atoms with Gasteiger partial charge in [-0.1, -0.05) is 36.2 Å². The highest BCUT2D eigenvalue weighted by Gasteiger charge is 2.23. The molecular weight excluding hydrogens is 402 g/mol. The van der Waals surface area contributed by atoms with Crippen molar-refractivity contribution >= 4 is 29.0 Å². The van der Waals surface area contributed by atoms with E-state index in [4.69, 9.17) is 16.3 Å². The molecule has 0 bridgehead atoms. The van der Waals surface area contributed by atoms with Crippen molar-refractivity contribution in [3.8, 4) is 5.75 Å². The topological polar surface area (TPSA) is 72.3 Å². The maximum absolute atomic E-state index is 13.2. The van der Waals surface area contributed by atoms with Crippen LogP contribution in [0.5, 0.6) is 5.75 Å². The van der Waals surface area contributed by atoms with Gasteiger partial charge in [-0.15, -0.1) is 10.2 Å². The lowest BCUT2D eigenvalue weighted by atomic mass is 10.2. The van der Waals surface area contributed by atoms with E-state index in [2.05, 4.69) is 20.1 Å². The van der Waals surface area contributed by atoms with Crippen LogP contribution in [-0.4, -0.2) is 27.9 Å². The zero-order valence-corrected chi connectivity index (χ0v) is 17.6. The lowest BCUT2D eigenvalue weighted by Gasteiger charge is -2.24. The van der Waals surface area contributed by atoms with Crippen LogP contribution in [0.25, 0.3) is 0 Å². The number of nitrogens with one attached hydrogen (secondary N) is 1. The largest absolute Gasteiger partial charge is 0.495 e. The van der Waals surface area contributed by atoms with Gasteiger partial charge < -0.3 is 14.6 Å². The molecule has 0 saturated carbocycles. The fourth-order valence-corrected chi connectivity index (χ4v) is 3.87. The minimum absolute atomic E-state index is 0.270. The highest BCUT2D eigenvalue weighted by Crippen LogP contribution is 2.30. The molecule has 0 saturated heterocycles. The Labute approximate surface area is 180 Å². The Kier molecular flexibility index (Phi) is 6.18. The normalized spacial score (nSPS) is 13.3. The number of rotatable bonds is 5. The van der Waals surface area contributed by atoms with Gasteiger partial charge in [-0.25, -0.2) is 4.79 Å². The Hall–Kier alpha value is -3.06. The molecule has 1 aliphatic heterocycles.